The van der Waals surface area contributed by atoms with Gasteiger partial charge in [-0.15, -0.1) is 10.2 Å². The topological polar surface area (TPSA) is 75.9 Å². The fourth-order valence-corrected chi connectivity index (χ4v) is 3.72. The molecule has 1 N–H and O–H groups in total. The van der Waals surface area contributed by atoms with E-state index in [2.05, 4.69) is 25.4 Å². The highest BCUT2D eigenvalue weighted by Gasteiger charge is 2.35. The molecule has 2 atom stereocenters. The van der Waals surface area contributed by atoms with E-state index in [1.165, 1.54) is 25.9 Å². The van der Waals surface area contributed by atoms with E-state index in [9.17, 15) is 4.79 Å². The zero-order chi connectivity index (χ0) is 15.6. The van der Waals surface area contributed by atoms with Gasteiger partial charge in [0.25, 0.3) is 5.91 Å². The van der Waals surface area contributed by atoms with Gasteiger partial charge in [0.2, 0.25) is 0 Å². The monoisotopic (exact) mass is 312 g/mol. The molecular formula is C16H20N6O. The van der Waals surface area contributed by atoms with Crippen molar-refractivity contribution in [3.05, 3.63) is 36.5 Å². The Morgan fingerprint density at radius 2 is 1.91 bits per heavy atom. The molecule has 4 heterocycles. The number of aromatic nitrogens is 4. The molecule has 7 heteroatoms. The van der Waals surface area contributed by atoms with E-state index in [1.54, 1.807) is 23.3 Å². The molecule has 7 nitrogen and oxygen atoms in total. The van der Waals surface area contributed by atoms with Crippen LogP contribution in [-0.2, 0) is 0 Å². The maximum atomic E-state index is 12.6. The van der Waals surface area contributed by atoms with Crippen molar-refractivity contribution >= 4 is 5.91 Å². The number of carbonyl (C=O) groups excluding carboxylic acids is 1. The average molecular weight is 312 g/mol. The van der Waals surface area contributed by atoms with Crippen molar-refractivity contribution in [1.82, 2.24) is 30.0 Å². The molecule has 2 aliphatic heterocycles. The van der Waals surface area contributed by atoms with Gasteiger partial charge in [0.15, 0.2) is 0 Å². The van der Waals surface area contributed by atoms with Crippen molar-refractivity contribution in [2.45, 2.75) is 37.8 Å². The van der Waals surface area contributed by atoms with Gasteiger partial charge < -0.3 is 5.32 Å². The van der Waals surface area contributed by atoms with Crippen molar-refractivity contribution in [2.75, 3.05) is 13.1 Å². The number of pyridine rings is 1. The minimum atomic E-state index is -0.0984. The second-order valence-electron chi connectivity index (χ2n) is 6.22. The minimum Gasteiger partial charge on any atom is -0.346 e. The Balaban J connectivity index is 1.50. The lowest BCUT2D eigenvalue weighted by molar-refractivity contribution is 0.0863. The fourth-order valence-electron chi connectivity index (χ4n) is 3.72. The van der Waals surface area contributed by atoms with Crippen LogP contribution in [0.25, 0.3) is 5.82 Å². The lowest BCUT2D eigenvalue weighted by Crippen LogP contribution is -2.52. The number of amides is 1. The molecule has 23 heavy (non-hydrogen) atoms. The predicted octanol–water partition coefficient (Wildman–Crippen LogP) is 1.02. The van der Waals surface area contributed by atoms with Gasteiger partial charge in [0.1, 0.15) is 24.2 Å². The molecule has 4 rings (SSSR count). The molecule has 0 saturated carbocycles. The largest absolute Gasteiger partial charge is 0.346 e. The van der Waals surface area contributed by atoms with E-state index < -0.39 is 0 Å². The van der Waals surface area contributed by atoms with Crippen molar-refractivity contribution < 1.29 is 4.79 Å². The van der Waals surface area contributed by atoms with Gasteiger partial charge in [-0.25, -0.2) is 4.98 Å². The first-order valence-corrected chi connectivity index (χ1v) is 8.18. The predicted molar refractivity (Wildman–Crippen MR) is 84.2 cm³/mol. The van der Waals surface area contributed by atoms with E-state index in [0.717, 1.165) is 12.8 Å². The highest BCUT2D eigenvalue weighted by atomic mass is 16.2. The summed E-state index contributed by atoms with van der Waals surface area (Å²) in [5, 5.41) is 10.7. The molecule has 2 aromatic rings. The third kappa shape index (κ3) is 2.84. The molecule has 1 amide bonds. The Kier molecular flexibility index (Phi) is 3.78. The summed E-state index contributed by atoms with van der Waals surface area (Å²) < 4.78 is 1.69. The molecule has 0 radical (unpaired) electrons. The molecule has 0 bridgehead atoms. The van der Waals surface area contributed by atoms with Crippen molar-refractivity contribution in [2.24, 2.45) is 0 Å². The average Bonchev–Trinajstić information content (AvgIpc) is 3.27. The smallest absolute Gasteiger partial charge is 0.270 e. The molecule has 2 fully saturated rings. The van der Waals surface area contributed by atoms with Gasteiger partial charge in [-0.05, 0) is 50.9 Å². The molecule has 0 aliphatic carbocycles. The first kappa shape index (κ1) is 14.3. The van der Waals surface area contributed by atoms with E-state index in [-0.39, 0.29) is 11.9 Å². The van der Waals surface area contributed by atoms with Crippen LogP contribution in [0.4, 0.5) is 0 Å². The summed E-state index contributed by atoms with van der Waals surface area (Å²) in [6, 6.07) is 6.14. The van der Waals surface area contributed by atoms with E-state index in [0.29, 0.717) is 17.6 Å². The number of fused-ring (bicyclic) bond motifs is 1. The van der Waals surface area contributed by atoms with E-state index >= 15 is 0 Å². The van der Waals surface area contributed by atoms with Crippen LogP contribution in [0.1, 0.15) is 36.2 Å². The molecule has 2 saturated heterocycles. The van der Waals surface area contributed by atoms with E-state index in [1.807, 2.05) is 12.1 Å². The third-order valence-corrected chi connectivity index (χ3v) is 4.81. The summed E-state index contributed by atoms with van der Waals surface area (Å²) in [7, 11) is 0. The summed E-state index contributed by atoms with van der Waals surface area (Å²) in [5.41, 5.74) is 0.436. The van der Waals surface area contributed by atoms with Crippen LogP contribution >= 0.6 is 0 Å². The van der Waals surface area contributed by atoms with Crippen LogP contribution in [0, 0.1) is 0 Å². The maximum absolute atomic E-state index is 12.6. The highest BCUT2D eigenvalue weighted by molar-refractivity contribution is 5.92. The Morgan fingerprint density at radius 1 is 1.13 bits per heavy atom. The van der Waals surface area contributed by atoms with Crippen molar-refractivity contribution in [1.29, 1.82) is 0 Å². The Morgan fingerprint density at radius 3 is 2.74 bits per heavy atom. The number of carbonyl (C=O) groups is 1. The first-order valence-electron chi connectivity index (χ1n) is 8.18. The van der Waals surface area contributed by atoms with Crippen LogP contribution in [0.2, 0.25) is 0 Å². The van der Waals surface area contributed by atoms with Gasteiger partial charge in [0.05, 0.1) is 0 Å². The van der Waals surface area contributed by atoms with Gasteiger partial charge in [0, 0.05) is 12.1 Å². The number of hydrogen-bond donors (Lipinski definition) is 1. The van der Waals surface area contributed by atoms with Gasteiger partial charge in [-0.2, -0.15) is 0 Å². The minimum absolute atomic E-state index is 0.0984. The van der Waals surface area contributed by atoms with Gasteiger partial charge in [-0.3, -0.25) is 14.3 Å². The fraction of sp³-hybridized carbons (Fsp3) is 0.500. The Labute approximate surface area is 134 Å². The summed E-state index contributed by atoms with van der Waals surface area (Å²) in [6.45, 7) is 2.33. The van der Waals surface area contributed by atoms with Crippen LogP contribution in [0.5, 0.6) is 0 Å². The third-order valence-electron chi connectivity index (χ3n) is 4.81. The van der Waals surface area contributed by atoms with Crippen LogP contribution in [0.3, 0.4) is 0 Å². The molecular weight excluding hydrogens is 292 g/mol. The number of piperidine rings is 1. The quantitative estimate of drug-likeness (QED) is 0.916. The number of rotatable bonds is 3. The number of nitrogens with zero attached hydrogens (tertiary/aromatic N) is 5. The summed E-state index contributed by atoms with van der Waals surface area (Å²) in [4.78, 5) is 19.5. The molecule has 0 spiro atoms. The zero-order valence-corrected chi connectivity index (χ0v) is 12.9. The standard InChI is InChI=1S/C16H20N6O/c23-16(20-12-5-2-8-21-9-3-6-14(12)21)13-4-1-7-15(19-13)22-10-17-18-11-22/h1,4,7,10-12,14H,2-3,5-6,8-9H2,(H,20,23). The Hall–Kier alpha value is -2.28. The lowest BCUT2D eigenvalue weighted by Gasteiger charge is -2.36. The summed E-state index contributed by atoms with van der Waals surface area (Å²) in [5.74, 6) is 0.549. The summed E-state index contributed by atoms with van der Waals surface area (Å²) in [6.07, 6.45) is 7.76. The lowest BCUT2D eigenvalue weighted by atomic mass is 9.96. The zero-order valence-electron chi connectivity index (χ0n) is 12.9. The van der Waals surface area contributed by atoms with E-state index in [4.69, 9.17) is 0 Å². The normalized spacial score (nSPS) is 24.3. The van der Waals surface area contributed by atoms with Crippen LogP contribution in [0.15, 0.2) is 30.9 Å². The van der Waals surface area contributed by atoms with Crippen molar-refractivity contribution in [3.63, 3.8) is 0 Å². The second kappa shape index (κ2) is 6.08. The van der Waals surface area contributed by atoms with Crippen LogP contribution < -0.4 is 5.32 Å². The second-order valence-corrected chi connectivity index (χ2v) is 6.22. The molecule has 0 aromatic carbocycles. The van der Waals surface area contributed by atoms with Gasteiger partial charge >= 0.3 is 0 Å². The SMILES string of the molecule is O=C(NC1CCCN2CCCC12)c1cccc(-n2cnnc2)n1. The molecule has 2 aliphatic rings. The highest BCUT2D eigenvalue weighted by Crippen LogP contribution is 2.27. The molecule has 120 valence electrons. The van der Waals surface area contributed by atoms with Gasteiger partial charge in [-0.1, -0.05) is 6.07 Å². The molecule has 2 aromatic heterocycles. The number of hydrogen-bond acceptors (Lipinski definition) is 5. The summed E-state index contributed by atoms with van der Waals surface area (Å²) >= 11 is 0. The van der Waals surface area contributed by atoms with Crippen LogP contribution in [-0.4, -0.2) is 55.7 Å². The Bertz CT molecular complexity index is 686. The maximum Gasteiger partial charge on any atom is 0.270 e. The first-order chi connectivity index (χ1) is 11.3. The molecule has 2 unspecified atom stereocenters. The number of nitrogens with one attached hydrogen (secondary N) is 1. The van der Waals surface area contributed by atoms with Crippen molar-refractivity contribution in [3.8, 4) is 5.82 Å².